The highest BCUT2D eigenvalue weighted by Gasteiger charge is 2.56. The number of piperazine rings is 1. The number of hydrogen-bond acceptors (Lipinski definition) is 4. The standard InChI is InChI=1S/C33H45N5O2/c1-20-19-38(13-12-34-20)32(37-30-18-25-17-29(21(30)2)33(25,3)4)36-26-9-6-22(7-10-26)31(39)35-27-14-23-8-11-28(40-5)16-24(23)15-27/h6-11,16,20-21,25,27,29-30,34H,12-15,17-19H2,1-5H3,(H,35,39)(H,36,37)/t20-,21-,25+,27?,29-,30-/m0/s1. The second-order valence-electron chi connectivity index (χ2n) is 13.2. The van der Waals surface area contributed by atoms with Crippen LogP contribution < -0.4 is 20.7 Å². The van der Waals surface area contributed by atoms with Crippen LogP contribution in [-0.2, 0) is 12.8 Å². The number of amides is 1. The molecule has 3 N–H and O–H groups in total. The quantitative estimate of drug-likeness (QED) is 0.376. The number of rotatable bonds is 5. The lowest BCUT2D eigenvalue weighted by Gasteiger charge is -2.61. The number of nitrogens with one attached hydrogen (secondary N) is 3. The fourth-order valence-corrected chi connectivity index (χ4v) is 7.69. The molecule has 0 spiro atoms. The number of methoxy groups -OCH3 is 1. The van der Waals surface area contributed by atoms with Gasteiger partial charge in [-0.3, -0.25) is 4.79 Å². The molecule has 40 heavy (non-hydrogen) atoms. The summed E-state index contributed by atoms with van der Waals surface area (Å²) in [5.41, 5.74) is 4.64. The van der Waals surface area contributed by atoms with E-state index in [0.717, 1.165) is 61.7 Å². The van der Waals surface area contributed by atoms with Gasteiger partial charge in [0.15, 0.2) is 5.96 Å². The van der Waals surface area contributed by atoms with Crippen molar-refractivity contribution in [2.24, 2.45) is 28.2 Å². The molecule has 7 nitrogen and oxygen atoms in total. The number of anilines is 1. The third kappa shape index (κ3) is 5.20. The summed E-state index contributed by atoms with van der Waals surface area (Å²) >= 11 is 0. The molecule has 0 radical (unpaired) electrons. The van der Waals surface area contributed by atoms with Crippen molar-refractivity contribution in [2.45, 2.75) is 71.5 Å². The minimum Gasteiger partial charge on any atom is -0.497 e. The fourth-order valence-electron chi connectivity index (χ4n) is 7.69. The molecule has 214 valence electrons. The van der Waals surface area contributed by atoms with Crippen LogP contribution in [0.15, 0.2) is 47.5 Å². The minimum atomic E-state index is -0.0287. The number of benzene rings is 2. The smallest absolute Gasteiger partial charge is 0.251 e. The van der Waals surface area contributed by atoms with Gasteiger partial charge in [-0.1, -0.05) is 26.8 Å². The first-order chi connectivity index (χ1) is 19.2. The largest absolute Gasteiger partial charge is 0.497 e. The predicted molar refractivity (Wildman–Crippen MR) is 161 cm³/mol. The van der Waals surface area contributed by atoms with Gasteiger partial charge in [0.1, 0.15) is 5.75 Å². The molecule has 5 aliphatic rings. The molecule has 2 aromatic carbocycles. The van der Waals surface area contributed by atoms with Gasteiger partial charge in [0, 0.05) is 43.0 Å². The first-order valence-electron chi connectivity index (χ1n) is 15.1. The zero-order valence-electron chi connectivity index (χ0n) is 24.7. The number of nitrogens with zero attached hydrogens (tertiary/aromatic N) is 2. The summed E-state index contributed by atoms with van der Waals surface area (Å²) in [5.74, 6) is 3.94. The van der Waals surface area contributed by atoms with Gasteiger partial charge in [0.25, 0.3) is 5.91 Å². The lowest BCUT2D eigenvalue weighted by atomic mass is 9.45. The van der Waals surface area contributed by atoms with Crippen LogP contribution in [0.1, 0.15) is 62.0 Å². The molecule has 3 saturated carbocycles. The highest BCUT2D eigenvalue weighted by molar-refractivity contribution is 5.97. The normalized spacial score (nSPS) is 30.7. The third-order valence-electron chi connectivity index (χ3n) is 10.4. The molecule has 0 aromatic heterocycles. The topological polar surface area (TPSA) is 78.0 Å². The molecule has 7 heteroatoms. The highest BCUT2D eigenvalue weighted by Crippen LogP contribution is 2.61. The number of guanidine groups is 1. The Morgan fingerprint density at radius 1 is 1.07 bits per heavy atom. The van der Waals surface area contributed by atoms with Crippen molar-refractivity contribution in [3.05, 3.63) is 59.2 Å². The molecule has 1 aliphatic heterocycles. The number of ether oxygens (including phenoxy) is 1. The van der Waals surface area contributed by atoms with E-state index in [9.17, 15) is 4.79 Å². The SMILES string of the molecule is COc1ccc2c(c1)CC(NC(=O)c1ccc(N/C(=N/[C@H]3C[C@H]4C[C@@H]([C@@H]3C)C4(C)C)N3CCN[C@@H](C)C3)cc1)C2. The van der Waals surface area contributed by atoms with Crippen molar-refractivity contribution in [3.63, 3.8) is 0 Å². The molecule has 1 unspecified atom stereocenters. The molecule has 7 rings (SSSR count). The van der Waals surface area contributed by atoms with E-state index in [1.54, 1.807) is 7.11 Å². The van der Waals surface area contributed by atoms with Crippen LogP contribution in [0.25, 0.3) is 0 Å². The summed E-state index contributed by atoms with van der Waals surface area (Å²) in [4.78, 5) is 20.9. The van der Waals surface area contributed by atoms with Crippen LogP contribution in [0.2, 0.25) is 0 Å². The molecule has 2 aromatic rings. The van der Waals surface area contributed by atoms with Gasteiger partial charge < -0.3 is 25.6 Å². The van der Waals surface area contributed by atoms with E-state index < -0.39 is 0 Å². The minimum absolute atomic E-state index is 0.0287. The molecule has 6 atom stereocenters. The fraction of sp³-hybridized carbons (Fsp3) is 0.576. The first-order valence-corrected chi connectivity index (χ1v) is 15.1. The maximum absolute atomic E-state index is 13.1. The monoisotopic (exact) mass is 543 g/mol. The van der Waals surface area contributed by atoms with Gasteiger partial charge in [-0.15, -0.1) is 0 Å². The van der Waals surface area contributed by atoms with E-state index in [0.29, 0.717) is 29.0 Å². The van der Waals surface area contributed by atoms with Crippen molar-refractivity contribution in [3.8, 4) is 5.75 Å². The Hall–Kier alpha value is -3.06. The first kappa shape index (κ1) is 27.1. The van der Waals surface area contributed by atoms with E-state index in [1.807, 2.05) is 30.3 Å². The Morgan fingerprint density at radius 3 is 2.55 bits per heavy atom. The van der Waals surface area contributed by atoms with Crippen LogP contribution >= 0.6 is 0 Å². The lowest BCUT2D eigenvalue weighted by molar-refractivity contribution is -0.108. The Kier molecular flexibility index (Phi) is 7.28. The van der Waals surface area contributed by atoms with E-state index in [2.05, 4.69) is 60.7 Å². The van der Waals surface area contributed by atoms with E-state index in [4.69, 9.17) is 9.73 Å². The van der Waals surface area contributed by atoms with Crippen molar-refractivity contribution < 1.29 is 9.53 Å². The van der Waals surface area contributed by atoms with Crippen LogP contribution in [0.5, 0.6) is 5.75 Å². The summed E-state index contributed by atoms with van der Waals surface area (Å²) in [6.07, 6.45) is 4.22. The highest BCUT2D eigenvalue weighted by atomic mass is 16.5. The average molecular weight is 544 g/mol. The Morgan fingerprint density at radius 2 is 1.85 bits per heavy atom. The van der Waals surface area contributed by atoms with Gasteiger partial charge in [-0.2, -0.15) is 0 Å². The summed E-state index contributed by atoms with van der Waals surface area (Å²) in [7, 11) is 1.69. The molecule has 4 aliphatic carbocycles. The average Bonchev–Trinajstić information content (AvgIpc) is 3.35. The van der Waals surface area contributed by atoms with Gasteiger partial charge in [0.05, 0.1) is 13.2 Å². The van der Waals surface area contributed by atoms with Crippen molar-refractivity contribution in [1.29, 1.82) is 0 Å². The number of carbonyl (C=O) groups excluding carboxylic acids is 1. The third-order valence-corrected chi connectivity index (χ3v) is 10.4. The van der Waals surface area contributed by atoms with Gasteiger partial charge in [-0.05, 0) is 103 Å². The van der Waals surface area contributed by atoms with Crippen molar-refractivity contribution in [1.82, 2.24) is 15.5 Å². The molecule has 1 amide bonds. The maximum atomic E-state index is 13.1. The molecule has 2 bridgehead atoms. The number of fused-ring (bicyclic) bond motifs is 3. The van der Waals surface area contributed by atoms with Gasteiger partial charge in [-0.25, -0.2) is 4.99 Å². The van der Waals surface area contributed by atoms with Crippen LogP contribution in [0.4, 0.5) is 5.69 Å². The number of carbonyl (C=O) groups is 1. The van der Waals surface area contributed by atoms with E-state index in [1.165, 1.54) is 24.0 Å². The van der Waals surface area contributed by atoms with Crippen molar-refractivity contribution >= 4 is 17.6 Å². The van der Waals surface area contributed by atoms with Gasteiger partial charge >= 0.3 is 0 Å². The molecular weight excluding hydrogens is 498 g/mol. The molecule has 4 fully saturated rings. The predicted octanol–water partition coefficient (Wildman–Crippen LogP) is 4.72. The zero-order chi connectivity index (χ0) is 28.0. The Labute approximate surface area is 239 Å². The number of hydrogen-bond donors (Lipinski definition) is 3. The lowest BCUT2D eigenvalue weighted by Crippen LogP contribution is -2.57. The van der Waals surface area contributed by atoms with E-state index >= 15 is 0 Å². The molecule has 1 heterocycles. The Balaban J connectivity index is 1.13. The maximum Gasteiger partial charge on any atom is 0.251 e. The second-order valence-corrected chi connectivity index (χ2v) is 13.2. The van der Waals surface area contributed by atoms with Gasteiger partial charge in [0.2, 0.25) is 0 Å². The van der Waals surface area contributed by atoms with Crippen LogP contribution in [-0.4, -0.2) is 61.6 Å². The second kappa shape index (κ2) is 10.7. The Bertz CT molecular complexity index is 1270. The summed E-state index contributed by atoms with van der Waals surface area (Å²) in [6, 6.07) is 14.9. The van der Waals surface area contributed by atoms with Crippen molar-refractivity contribution in [2.75, 3.05) is 32.1 Å². The zero-order valence-corrected chi connectivity index (χ0v) is 24.7. The summed E-state index contributed by atoms with van der Waals surface area (Å²) in [5, 5.41) is 10.4. The summed E-state index contributed by atoms with van der Waals surface area (Å²) in [6.45, 7) is 12.3. The van der Waals surface area contributed by atoms with Crippen LogP contribution in [0.3, 0.4) is 0 Å². The molecule has 1 saturated heterocycles. The number of aliphatic imine (C=N–C) groups is 1. The molecular formula is C33H45N5O2. The van der Waals surface area contributed by atoms with E-state index in [-0.39, 0.29) is 11.9 Å². The van der Waals surface area contributed by atoms with Crippen LogP contribution in [0, 0.1) is 23.2 Å². The summed E-state index contributed by atoms with van der Waals surface area (Å²) < 4.78 is 5.36.